The quantitative estimate of drug-likeness (QED) is 0.768. The van der Waals surface area contributed by atoms with Crippen molar-refractivity contribution in [3.63, 3.8) is 0 Å². The molecule has 3 aliphatic rings. The molecule has 4 atom stereocenters. The van der Waals surface area contributed by atoms with Gasteiger partial charge in [0.25, 0.3) is 0 Å². The van der Waals surface area contributed by atoms with Gasteiger partial charge in [0.1, 0.15) is 0 Å². The van der Waals surface area contributed by atoms with Crippen molar-refractivity contribution in [2.45, 2.75) is 57.4 Å². The number of carbonyl (C=O) groups is 1. The standard InChI is InChI=1S/C22H31NO2/c1-2-25-22(24)21-19-10-6-9-18(19)15-20(21)23-13-11-17(12-14-23)16-7-4-3-5-8-16/h3-5,7-8,17-21H,2,6,9-15H2,1H3/t18?,19?,20?,21-/m1/s1. The molecule has 3 unspecified atom stereocenters. The molecule has 2 aliphatic carbocycles. The molecule has 0 amide bonds. The Morgan fingerprint density at radius 3 is 2.60 bits per heavy atom. The first-order chi connectivity index (χ1) is 12.3. The Balaban J connectivity index is 1.43. The van der Waals surface area contributed by atoms with Gasteiger partial charge in [0, 0.05) is 6.04 Å². The van der Waals surface area contributed by atoms with Gasteiger partial charge >= 0.3 is 5.97 Å². The number of carbonyl (C=O) groups excluding carboxylic acids is 1. The summed E-state index contributed by atoms with van der Waals surface area (Å²) in [5, 5.41) is 0. The molecule has 0 radical (unpaired) electrons. The van der Waals surface area contributed by atoms with Crippen LogP contribution in [0.5, 0.6) is 0 Å². The van der Waals surface area contributed by atoms with Crippen molar-refractivity contribution in [3.8, 4) is 0 Å². The van der Waals surface area contributed by atoms with Crippen molar-refractivity contribution >= 4 is 5.97 Å². The zero-order chi connectivity index (χ0) is 17.2. The maximum Gasteiger partial charge on any atom is 0.310 e. The van der Waals surface area contributed by atoms with Gasteiger partial charge in [-0.2, -0.15) is 0 Å². The molecule has 1 heterocycles. The fourth-order valence-corrected chi connectivity index (χ4v) is 5.81. The SMILES string of the molecule is CCOC(=O)[C@@H]1C2CCCC2CC1N1CCC(c2ccccc2)CC1. The number of ether oxygens (including phenoxy) is 1. The highest BCUT2D eigenvalue weighted by atomic mass is 16.5. The van der Waals surface area contributed by atoms with Gasteiger partial charge in [-0.15, -0.1) is 0 Å². The van der Waals surface area contributed by atoms with E-state index in [1.54, 1.807) is 0 Å². The number of hydrogen-bond donors (Lipinski definition) is 0. The maximum absolute atomic E-state index is 12.7. The second-order valence-corrected chi connectivity index (χ2v) is 8.16. The normalized spacial score (nSPS) is 33.3. The number of benzene rings is 1. The van der Waals surface area contributed by atoms with Crippen LogP contribution in [0.25, 0.3) is 0 Å². The fourth-order valence-electron chi connectivity index (χ4n) is 5.81. The highest BCUT2D eigenvalue weighted by Gasteiger charge is 2.51. The van der Waals surface area contributed by atoms with E-state index in [2.05, 4.69) is 35.2 Å². The lowest BCUT2D eigenvalue weighted by Crippen LogP contribution is -2.46. The van der Waals surface area contributed by atoms with E-state index < -0.39 is 0 Å². The van der Waals surface area contributed by atoms with Gasteiger partial charge in [-0.1, -0.05) is 43.2 Å². The van der Waals surface area contributed by atoms with Crippen LogP contribution >= 0.6 is 0 Å². The number of hydrogen-bond acceptors (Lipinski definition) is 3. The Morgan fingerprint density at radius 2 is 1.88 bits per heavy atom. The summed E-state index contributed by atoms with van der Waals surface area (Å²) < 4.78 is 5.48. The average Bonchev–Trinajstić information content (AvgIpc) is 3.23. The third kappa shape index (κ3) is 3.36. The summed E-state index contributed by atoms with van der Waals surface area (Å²) in [5.74, 6) is 2.22. The molecule has 0 bridgehead atoms. The molecule has 3 heteroatoms. The van der Waals surface area contributed by atoms with Crippen LogP contribution in [0.15, 0.2) is 30.3 Å². The van der Waals surface area contributed by atoms with Crippen LogP contribution in [0.1, 0.15) is 56.9 Å². The third-order valence-electron chi connectivity index (χ3n) is 6.97. The van der Waals surface area contributed by atoms with Gasteiger partial charge in [0.15, 0.2) is 0 Å². The summed E-state index contributed by atoms with van der Waals surface area (Å²) in [6, 6.07) is 11.3. The minimum absolute atomic E-state index is 0.0760. The minimum Gasteiger partial charge on any atom is -0.466 e. The molecule has 1 saturated heterocycles. The molecule has 1 aromatic carbocycles. The average molecular weight is 341 g/mol. The number of likely N-dealkylation sites (tertiary alicyclic amines) is 1. The molecule has 0 N–H and O–H groups in total. The summed E-state index contributed by atoms with van der Waals surface area (Å²) in [4.78, 5) is 15.3. The predicted octanol–water partition coefficient (Wildman–Crippen LogP) is 4.23. The zero-order valence-electron chi connectivity index (χ0n) is 15.4. The van der Waals surface area contributed by atoms with Crippen molar-refractivity contribution in [1.82, 2.24) is 4.90 Å². The molecule has 0 aromatic heterocycles. The number of piperidine rings is 1. The van der Waals surface area contributed by atoms with E-state index >= 15 is 0 Å². The molecular weight excluding hydrogens is 310 g/mol. The predicted molar refractivity (Wildman–Crippen MR) is 99.3 cm³/mol. The molecule has 3 fully saturated rings. The molecular formula is C22H31NO2. The summed E-state index contributed by atoms with van der Waals surface area (Å²) in [6.07, 6.45) is 7.48. The topological polar surface area (TPSA) is 29.5 Å². The molecule has 0 spiro atoms. The van der Waals surface area contributed by atoms with E-state index in [1.165, 1.54) is 44.1 Å². The van der Waals surface area contributed by atoms with E-state index in [4.69, 9.17) is 4.74 Å². The van der Waals surface area contributed by atoms with Gasteiger partial charge < -0.3 is 4.74 Å². The lowest BCUT2D eigenvalue weighted by molar-refractivity contribution is -0.151. The van der Waals surface area contributed by atoms with E-state index in [1.807, 2.05) is 6.92 Å². The lowest BCUT2D eigenvalue weighted by Gasteiger charge is -2.38. The van der Waals surface area contributed by atoms with Gasteiger partial charge in [-0.25, -0.2) is 0 Å². The first-order valence-electron chi connectivity index (χ1n) is 10.2. The first-order valence-corrected chi connectivity index (χ1v) is 10.2. The Bertz CT molecular complexity index is 579. The summed E-state index contributed by atoms with van der Waals surface area (Å²) in [6.45, 7) is 4.69. The highest BCUT2D eigenvalue weighted by Crippen LogP contribution is 2.50. The monoisotopic (exact) mass is 341 g/mol. The van der Waals surface area contributed by atoms with Crippen molar-refractivity contribution in [2.75, 3.05) is 19.7 Å². The summed E-state index contributed by atoms with van der Waals surface area (Å²) >= 11 is 0. The lowest BCUT2D eigenvalue weighted by atomic mass is 9.86. The maximum atomic E-state index is 12.7. The number of esters is 1. The number of nitrogens with zero attached hydrogens (tertiary/aromatic N) is 1. The second-order valence-electron chi connectivity index (χ2n) is 8.16. The van der Waals surface area contributed by atoms with E-state index in [0.717, 1.165) is 19.0 Å². The molecule has 2 saturated carbocycles. The Kier molecular flexibility index (Phi) is 5.12. The molecule has 1 aromatic rings. The summed E-state index contributed by atoms with van der Waals surface area (Å²) in [7, 11) is 0. The van der Waals surface area contributed by atoms with Crippen LogP contribution < -0.4 is 0 Å². The van der Waals surface area contributed by atoms with Crippen LogP contribution in [0.4, 0.5) is 0 Å². The van der Waals surface area contributed by atoms with Gasteiger partial charge in [0.05, 0.1) is 12.5 Å². The van der Waals surface area contributed by atoms with Crippen molar-refractivity contribution in [1.29, 1.82) is 0 Å². The Hall–Kier alpha value is -1.35. The van der Waals surface area contributed by atoms with Crippen LogP contribution in [-0.2, 0) is 9.53 Å². The van der Waals surface area contributed by atoms with Crippen molar-refractivity contribution in [2.24, 2.45) is 17.8 Å². The van der Waals surface area contributed by atoms with E-state index in [9.17, 15) is 4.79 Å². The molecule has 3 nitrogen and oxygen atoms in total. The number of rotatable bonds is 4. The van der Waals surface area contributed by atoms with Gasteiger partial charge in [-0.05, 0) is 69.0 Å². The first kappa shape index (κ1) is 17.1. The molecule has 136 valence electrons. The fraction of sp³-hybridized carbons (Fsp3) is 0.682. The summed E-state index contributed by atoms with van der Waals surface area (Å²) in [5.41, 5.74) is 1.48. The van der Waals surface area contributed by atoms with Crippen molar-refractivity contribution in [3.05, 3.63) is 35.9 Å². The molecule has 4 rings (SSSR count). The second kappa shape index (κ2) is 7.49. The molecule has 1 aliphatic heterocycles. The van der Waals surface area contributed by atoms with E-state index in [-0.39, 0.29) is 11.9 Å². The van der Waals surface area contributed by atoms with Crippen LogP contribution in [-0.4, -0.2) is 36.6 Å². The zero-order valence-corrected chi connectivity index (χ0v) is 15.4. The van der Waals surface area contributed by atoms with Crippen LogP contribution in [0, 0.1) is 17.8 Å². The smallest absolute Gasteiger partial charge is 0.310 e. The Morgan fingerprint density at radius 1 is 1.12 bits per heavy atom. The van der Waals surface area contributed by atoms with Crippen LogP contribution in [0.2, 0.25) is 0 Å². The minimum atomic E-state index is 0.0760. The highest BCUT2D eigenvalue weighted by molar-refractivity contribution is 5.74. The Labute approximate surface area is 151 Å². The van der Waals surface area contributed by atoms with Gasteiger partial charge in [0.2, 0.25) is 0 Å². The van der Waals surface area contributed by atoms with Crippen molar-refractivity contribution < 1.29 is 9.53 Å². The third-order valence-corrected chi connectivity index (χ3v) is 6.97. The van der Waals surface area contributed by atoms with Crippen LogP contribution in [0.3, 0.4) is 0 Å². The van der Waals surface area contributed by atoms with Gasteiger partial charge in [-0.3, -0.25) is 9.69 Å². The largest absolute Gasteiger partial charge is 0.466 e. The van der Waals surface area contributed by atoms with E-state index in [0.29, 0.717) is 24.5 Å². The number of fused-ring (bicyclic) bond motifs is 1. The molecule has 25 heavy (non-hydrogen) atoms.